The van der Waals surface area contributed by atoms with E-state index >= 15 is 0 Å². The van der Waals surface area contributed by atoms with Crippen LogP contribution in [-0.2, 0) is 0 Å². The molecule has 0 bridgehead atoms. The van der Waals surface area contributed by atoms with E-state index in [1.165, 1.54) is 0 Å². The van der Waals surface area contributed by atoms with Gasteiger partial charge in [0, 0.05) is 6.10 Å². The molecule has 1 nitrogen and oxygen atoms in total. The molecule has 6 heavy (non-hydrogen) atoms. The van der Waals surface area contributed by atoms with E-state index in [1.807, 2.05) is 0 Å². The first-order chi connectivity index (χ1) is 1.73. The second-order valence-corrected chi connectivity index (χ2v) is 1.09. The fourth-order valence-electron chi connectivity index (χ4n) is 0. The summed E-state index contributed by atoms with van der Waals surface area (Å²) in [5.41, 5.74) is 0. The van der Waals surface area contributed by atoms with Crippen molar-refractivity contribution in [3.05, 3.63) is 0 Å². The molecule has 0 atom stereocenters. The topological polar surface area (TPSA) is 20.2 Å². The van der Waals surface area contributed by atoms with E-state index in [4.69, 9.17) is 5.11 Å². The summed E-state index contributed by atoms with van der Waals surface area (Å²) in [4.78, 5) is 0. The average Bonchev–Trinajstić information content (AvgIpc) is 0.811. The van der Waals surface area contributed by atoms with Crippen LogP contribution in [0.25, 0.3) is 0 Å². The van der Waals surface area contributed by atoms with Gasteiger partial charge in [0.25, 0.3) is 0 Å². The molecule has 34 valence electrons. The summed E-state index contributed by atoms with van der Waals surface area (Å²) in [6, 6.07) is 0. The summed E-state index contributed by atoms with van der Waals surface area (Å²) in [6.45, 7) is 3.44. The summed E-state index contributed by atoms with van der Waals surface area (Å²) >= 11 is 0. The minimum absolute atomic E-state index is 0. The Bertz CT molecular complexity index is 15.5. The number of hydrogen-bond donors (Lipinski definition) is 1. The molecule has 0 saturated heterocycles. The summed E-state index contributed by atoms with van der Waals surface area (Å²) in [5.74, 6) is 0. The molecule has 0 unspecified atom stereocenters. The van der Waals surface area contributed by atoms with Crippen molar-refractivity contribution in [2.45, 2.75) is 20.0 Å². The predicted octanol–water partition coefficient (Wildman–Crippen LogP) is -5.60. The van der Waals surface area contributed by atoms with Gasteiger partial charge in [0.05, 0.1) is 0 Å². The molecule has 0 amide bonds. The van der Waals surface area contributed by atoms with Crippen LogP contribution in [0.1, 0.15) is 13.8 Å². The Balaban J connectivity index is -0.0000000450. The minimum Gasteiger partial charge on any atom is -1.00 e. The standard InChI is InChI=1S/C3H8O.ClH.Li/c1-3(2)4;;/h3-4H,1-2H3;1H;/q;;+1/p-1. The van der Waals surface area contributed by atoms with Crippen molar-refractivity contribution in [1.82, 2.24) is 0 Å². The second kappa shape index (κ2) is 9.28. The van der Waals surface area contributed by atoms with Gasteiger partial charge in [-0.1, -0.05) is 0 Å². The van der Waals surface area contributed by atoms with Crippen LogP contribution in [0.15, 0.2) is 0 Å². The first-order valence-corrected chi connectivity index (χ1v) is 1.41. The molecule has 0 aromatic carbocycles. The number of hydrogen-bond acceptors (Lipinski definition) is 1. The number of rotatable bonds is 0. The SMILES string of the molecule is CC(C)O.[Cl-].[Li+]. The average molecular weight is 102 g/mol. The van der Waals surface area contributed by atoms with Gasteiger partial charge in [0.1, 0.15) is 0 Å². The van der Waals surface area contributed by atoms with Crippen molar-refractivity contribution >= 4 is 0 Å². The molecule has 0 heterocycles. The summed E-state index contributed by atoms with van der Waals surface area (Å²) in [6.07, 6.45) is -0.167. The van der Waals surface area contributed by atoms with E-state index in [0.717, 1.165) is 0 Å². The van der Waals surface area contributed by atoms with E-state index in [-0.39, 0.29) is 37.4 Å². The van der Waals surface area contributed by atoms with Gasteiger partial charge in [-0.25, -0.2) is 0 Å². The molecule has 0 aliphatic carbocycles. The molecule has 0 rings (SSSR count). The van der Waals surface area contributed by atoms with Crippen molar-refractivity contribution < 1.29 is 36.4 Å². The van der Waals surface area contributed by atoms with Crippen LogP contribution < -0.4 is 31.3 Å². The Morgan fingerprint density at radius 1 is 1.33 bits per heavy atom. The van der Waals surface area contributed by atoms with Crippen LogP contribution in [-0.4, -0.2) is 11.2 Å². The van der Waals surface area contributed by atoms with Crippen LogP contribution in [0, 0.1) is 0 Å². The molecule has 0 aliphatic heterocycles. The zero-order chi connectivity index (χ0) is 3.58. The molecular weight excluding hydrogens is 94.4 g/mol. The molecule has 0 spiro atoms. The van der Waals surface area contributed by atoms with Gasteiger partial charge in [-0.15, -0.1) is 0 Å². The fourth-order valence-corrected chi connectivity index (χ4v) is 0. The Labute approximate surface area is 56.7 Å². The van der Waals surface area contributed by atoms with Gasteiger partial charge in [0.2, 0.25) is 0 Å². The van der Waals surface area contributed by atoms with E-state index in [2.05, 4.69) is 0 Å². The zero-order valence-corrected chi connectivity index (χ0v) is 5.16. The molecule has 0 aromatic rings. The first kappa shape index (κ1) is 15.8. The molecular formula is C3H8ClLiO. The summed E-state index contributed by atoms with van der Waals surface area (Å²) < 4.78 is 0. The molecule has 1 N–H and O–H groups in total. The second-order valence-electron chi connectivity index (χ2n) is 1.09. The van der Waals surface area contributed by atoms with Gasteiger partial charge >= 0.3 is 18.9 Å². The van der Waals surface area contributed by atoms with Crippen LogP contribution >= 0.6 is 0 Å². The van der Waals surface area contributed by atoms with E-state index in [9.17, 15) is 0 Å². The maximum atomic E-state index is 8.06. The van der Waals surface area contributed by atoms with Gasteiger partial charge in [-0.2, -0.15) is 0 Å². The zero-order valence-electron chi connectivity index (χ0n) is 4.40. The Morgan fingerprint density at radius 2 is 1.33 bits per heavy atom. The molecule has 0 fully saturated rings. The normalized spacial score (nSPS) is 6.00. The Hall–Kier alpha value is 0.847. The van der Waals surface area contributed by atoms with E-state index in [1.54, 1.807) is 13.8 Å². The van der Waals surface area contributed by atoms with Crippen molar-refractivity contribution in [1.29, 1.82) is 0 Å². The van der Waals surface area contributed by atoms with Crippen molar-refractivity contribution in [2.75, 3.05) is 0 Å². The van der Waals surface area contributed by atoms with Crippen LogP contribution in [0.4, 0.5) is 0 Å². The molecule has 0 aliphatic rings. The van der Waals surface area contributed by atoms with Crippen molar-refractivity contribution in [3.8, 4) is 0 Å². The van der Waals surface area contributed by atoms with Crippen LogP contribution in [0.5, 0.6) is 0 Å². The monoisotopic (exact) mass is 102 g/mol. The van der Waals surface area contributed by atoms with E-state index < -0.39 is 0 Å². The van der Waals surface area contributed by atoms with Gasteiger partial charge < -0.3 is 17.5 Å². The first-order valence-electron chi connectivity index (χ1n) is 1.41. The maximum Gasteiger partial charge on any atom is 1.00 e. The Morgan fingerprint density at radius 3 is 1.33 bits per heavy atom. The largest absolute Gasteiger partial charge is 1.00 e. The number of aliphatic hydroxyl groups excluding tert-OH is 1. The van der Waals surface area contributed by atoms with Gasteiger partial charge in [-0.05, 0) is 13.8 Å². The quantitative estimate of drug-likeness (QED) is 0.303. The fraction of sp³-hybridized carbons (Fsp3) is 1.00. The van der Waals surface area contributed by atoms with Crippen LogP contribution in [0.2, 0.25) is 0 Å². The minimum atomic E-state index is -0.167. The summed E-state index contributed by atoms with van der Waals surface area (Å²) in [7, 11) is 0. The molecule has 0 aromatic heterocycles. The third kappa shape index (κ3) is 99.9. The third-order valence-corrected chi connectivity index (χ3v) is 0. The maximum absolute atomic E-state index is 8.06. The van der Waals surface area contributed by atoms with E-state index in [0.29, 0.717) is 0 Å². The molecule has 0 radical (unpaired) electrons. The van der Waals surface area contributed by atoms with Gasteiger partial charge in [0.15, 0.2) is 0 Å². The summed E-state index contributed by atoms with van der Waals surface area (Å²) in [5, 5.41) is 8.06. The smallest absolute Gasteiger partial charge is 1.00 e. The van der Waals surface area contributed by atoms with Crippen LogP contribution in [0.3, 0.4) is 0 Å². The molecule has 3 heteroatoms. The van der Waals surface area contributed by atoms with Crippen molar-refractivity contribution in [2.24, 2.45) is 0 Å². The van der Waals surface area contributed by atoms with Gasteiger partial charge in [-0.3, -0.25) is 0 Å². The predicted molar refractivity (Wildman–Crippen MR) is 17.4 cm³/mol. The number of halogens is 1. The number of aliphatic hydroxyl groups is 1. The Kier molecular flexibility index (Phi) is 24.5. The molecule has 0 saturated carbocycles. The van der Waals surface area contributed by atoms with Crippen molar-refractivity contribution in [3.63, 3.8) is 0 Å². The third-order valence-electron chi connectivity index (χ3n) is 0.